The van der Waals surface area contributed by atoms with Gasteiger partial charge in [0.15, 0.2) is 5.76 Å². The molecular weight excluding hydrogens is 272 g/mol. The van der Waals surface area contributed by atoms with Crippen LogP contribution in [0.4, 0.5) is 0 Å². The lowest BCUT2D eigenvalue weighted by molar-refractivity contribution is 0.0585. The van der Waals surface area contributed by atoms with Crippen molar-refractivity contribution in [1.82, 2.24) is 4.90 Å². The van der Waals surface area contributed by atoms with Crippen molar-refractivity contribution in [3.05, 3.63) is 17.9 Å². The average Bonchev–Trinajstić information content (AvgIpc) is 2.87. The third-order valence-corrected chi connectivity index (χ3v) is 3.92. The molecule has 2 heterocycles. The molecule has 1 fully saturated rings. The van der Waals surface area contributed by atoms with Crippen molar-refractivity contribution >= 4 is 15.9 Å². The van der Waals surface area contributed by atoms with Gasteiger partial charge in [-0.05, 0) is 30.9 Å². The van der Waals surface area contributed by atoms with E-state index in [1.54, 1.807) is 4.90 Å². The largest absolute Gasteiger partial charge is 0.438 e. The number of likely N-dealkylation sites (tertiary alicyclic amines) is 1. The maximum atomic E-state index is 12.1. The van der Waals surface area contributed by atoms with E-state index in [0.717, 1.165) is 18.9 Å². The molecule has 3 N–H and O–H groups in total. The lowest BCUT2D eigenvalue weighted by Crippen LogP contribution is -2.40. The maximum Gasteiger partial charge on any atom is 0.289 e. The number of carbonyl (C=O) groups excluding carboxylic acids is 1. The molecule has 1 atom stereocenters. The highest BCUT2D eigenvalue weighted by molar-refractivity contribution is 7.89. The number of piperidine rings is 1. The van der Waals surface area contributed by atoms with Crippen molar-refractivity contribution in [2.24, 2.45) is 11.1 Å². The van der Waals surface area contributed by atoms with Crippen LogP contribution < -0.4 is 5.14 Å². The van der Waals surface area contributed by atoms with Gasteiger partial charge in [0.2, 0.25) is 5.09 Å². The molecule has 0 aromatic carbocycles. The molecule has 0 spiro atoms. The second-order valence-corrected chi connectivity index (χ2v) is 6.10. The standard InChI is InChI=1S/C11H16N2O5S/c12-19(16,17)10-4-3-9(18-10)11(15)13-5-1-2-8(6-13)7-14/h3-4,8,14H,1-2,5-7H2,(H2,12,16,17). The van der Waals surface area contributed by atoms with Crippen LogP contribution in [0.25, 0.3) is 0 Å². The van der Waals surface area contributed by atoms with E-state index in [1.807, 2.05) is 0 Å². The summed E-state index contributed by atoms with van der Waals surface area (Å²) in [7, 11) is -3.94. The molecule has 1 unspecified atom stereocenters. The molecule has 0 bridgehead atoms. The van der Waals surface area contributed by atoms with Crippen LogP contribution in [0.15, 0.2) is 21.6 Å². The fraction of sp³-hybridized carbons (Fsp3) is 0.545. The van der Waals surface area contributed by atoms with Crippen LogP contribution in [-0.4, -0.2) is 44.0 Å². The van der Waals surface area contributed by atoms with Crippen molar-refractivity contribution in [3.8, 4) is 0 Å². The van der Waals surface area contributed by atoms with Gasteiger partial charge in [0.1, 0.15) is 0 Å². The molecule has 0 saturated carbocycles. The van der Waals surface area contributed by atoms with Crippen molar-refractivity contribution in [3.63, 3.8) is 0 Å². The molecule has 19 heavy (non-hydrogen) atoms. The summed E-state index contributed by atoms with van der Waals surface area (Å²) in [5.74, 6) is -0.374. The smallest absolute Gasteiger partial charge is 0.289 e. The molecule has 2 rings (SSSR count). The van der Waals surface area contributed by atoms with Gasteiger partial charge in [-0.3, -0.25) is 4.79 Å². The summed E-state index contributed by atoms with van der Waals surface area (Å²) in [6.07, 6.45) is 1.68. The summed E-state index contributed by atoms with van der Waals surface area (Å²) in [6.45, 7) is 1.05. The number of aliphatic hydroxyl groups is 1. The van der Waals surface area contributed by atoms with E-state index < -0.39 is 15.1 Å². The van der Waals surface area contributed by atoms with Gasteiger partial charge in [0, 0.05) is 19.7 Å². The topological polar surface area (TPSA) is 114 Å². The van der Waals surface area contributed by atoms with Crippen molar-refractivity contribution in [1.29, 1.82) is 0 Å². The summed E-state index contributed by atoms with van der Waals surface area (Å²) in [6, 6.07) is 2.46. The van der Waals surface area contributed by atoms with E-state index in [9.17, 15) is 13.2 Å². The van der Waals surface area contributed by atoms with Crippen LogP contribution in [0.3, 0.4) is 0 Å². The van der Waals surface area contributed by atoms with E-state index >= 15 is 0 Å². The molecular formula is C11H16N2O5S. The molecule has 7 nitrogen and oxygen atoms in total. The highest BCUT2D eigenvalue weighted by Gasteiger charge is 2.26. The minimum Gasteiger partial charge on any atom is -0.438 e. The number of rotatable bonds is 3. The molecule has 1 amide bonds. The van der Waals surface area contributed by atoms with Gasteiger partial charge >= 0.3 is 0 Å². The van der Waals surface area contributed by atoms with E-state index in [2.05, 4.69) is 0 Å². The number of carbonyl (C=O) groups is 1. The number of sulfonamides is 1. The van der Waals surface area contributed by atoms with Gasteiger partial charge < -0.3 is 14.4 Å². The van der Waals surface area contributed by atoms with Crippen LogP contribution in [0.1, 0.15) is 23.4 Å². The van der Waals surface area contributed by atoms with Gasteiger partial charge in [0.25, 0.3) is 15.9 Å². The summed E-state index contributed by atoms with van der Waals surface area (Å²) < 4.78 is 27.1. The first-order valence-electron chi connectivity index (χ1n) is 5.94. The van der Waals surface area contributed by atoms with Gasteiger partial charge in [-0.1, -0.05) is 0 Å². The molecule has 1 aliphatic rings. The summed E-state index contributed by atoms with van der Waals surface area (Å²) in [5.41, 5.74) is 0. The number of aliphatic hydroxyl groups excluding tert-OH is 1. The quantitative estimate of drug-likeness (QED) is 0.797. The molecule has 1 aliphatic heterocycles. The summed E-state index contributed by atoms with van der Waals surface area (Å²) in [4.78, 5) is 13.7. The van der Waals surface area contributed by atoms with Crippen molar-refractivity contribution in [2.45, 2.75) is 17.9 Å². The zero-order valence-corrected chi connectivity index (χ0v) is 11.1. The first kappa shape index (κ1) is 14.0. The summed E-state index contributed by atoms with van der Waals surface area (Å²) >= 11 is 0. The molecule has 1 aromatic rings. The Kier molecular flexibility index (Phi) is 3.93. The zero-order valence-electron chi connectivity index (χ0n) is 10.3. The lowest BCUT2D eigenvalue weighted by atomic mass is 9.99. The SMILES string of the molecule is NS(=O)(=O)c1ccc(C(=O)N2CCCC(CO)C2)o1. The molecule has 0 radical (unpaired) electrons. The Balaban J connectivity index is 2.13. The Morgan fingerprint density at radius 1 is 1.53 bits per heavy atom. The Bertz CT molecular complexity index is 565. The third kappa shape index (κ3) is 3.14. The fourth-order valence-corrected chi connectivity index (χ4v) is 2.61. The van der Waals surface area contributed by atoms with Gasteiger partial charge in [-0.15, -0.1) is 0 Å². The predicted octanol–water partition coefficient (Wildman–Crippen LogP) is -0.228. The van der Waals surface area contributed by atoms with Crippen LogP contribution in [0, 0.1) is 5.92 Å². The number of nitrogens with two attached hydrogens (primary N) is 1. The summed E-state index contributed by atoms with van der Waals surface area (Å²) in [5, 5.41) is 13.6. The number of nitrogens with zero attached hydrogens (tertiary/aromatic N) is 1. The zero-order chi connectivity index (χ0) is 14.0. The number of hydrogen-bond donors (Lipinski definition) is 2. The van der Waals surface area contributed by atoms with E-state index in [4.69, 9.17) is 14.7 Å². The predicted molar refractivity (Wildman–Crippen MR) is 65.8 cm³/mol. The van der Waals surface area contributed by atoms with Crippen LogP contribution in [0.5, 0.6) is 0 Å². The maximum absolute atomic E-state index is 12.1. The number of furan rings is 1. The molecule has 1 aromatic heterocycles. The van der Waals surface area contributed by atoms with E-state index in [-0.39, 0.29) is 24.2 Å². The number of primary sulfonamides is 1. The average molecular weight is 288 g/mol. The Morgan fingerprint density at radius 3 is 2.84 bits per heavy atom. The fourth-order valence-electron chi connectivity index (χ4n) is 2.14. The van der Waals surface area contributed by atoms with Crippen molar-refractivity contribution < 1.29 is 22.7 Å². The van der Waals surface area contributed by atoms with Crippen molar-refractivity contribution in [2.75, 3.05) is 19.7 Å². The Labute approximate surface area is 111 Å². The normalized spacial score (nSPS) is 20.5. The lowest BCUT2D eigenvalue weighted by Gasteiger charge is -2.31. The first-order valence-corrected chi connectivity index (χ1v) is 7.49. The Morgan fingerprint density at radius 2 is 2.26 bits per heavy atom. The first-order chi connectivity index (χ1) is 8.91. The molecule has 8 heteroatoms. The van der Waals surface area contributed by atoms with E-state index in [1.165, 1.54) is 6.07 Å². The third-order valence-electron chi connectivity index (χ3n) is 3.14. The molecule has 0 aliphatic carbocycles. The second-order valence-electron chi connectivity index (χ2n) is 4.61. The van der Waals surface area contributed by atoms with Crippen LogP contribution in [-0.2, 0) is 10.0 Å². The molecule has 1 saturated heterocycles. The minimum absolute atomic E-state index is 0.0321. The van der Waals surface area contributed by atoms with Crippen LogP contribution >= 0.6 is 0 Å². The van der Waals surface area contributed by atoms with Gasteiger partial charge in [0.05, 0.1) is 0 Å². The Hall–Kier alpha value is -1.38. The van der Waals surface area contributed by atoms with E-state index in [0.29, 0.717) is 13.1 Å². The van der Waals surface area contributed by atoms with Gasteiger partial charge in [-0.2, -0.15) is 0 Å². The van der Waals surface area contributed by atoms with Crippen LogP contribution in [0.2, 0.25) is 0 Å². The van der Waals surface area contributed by atoms with Gasteiger partial charge in [-0.25, -0.2) is 13.6 Å². The second kappa shape index (κ2) is 5.32. The number of hydrogen-bond acceptors (Lipinski definition) is 5. The highest BCUT2D eigenvalue weighted by atomic mass is 32.2. The minimum atomic E-state index is -3.94. The molecule has 106 valence electrons. The number of amides is 1. The monoisotopic (exact) mass is 288 g/mol. The highest BCUT2D eigenvalue weighted by Crippen LogP contribution is 2.20.